The number of nitrogens with zero attached hydrogens (tertiary/aromatic N) is 2. The Bertz CT molecular complexity index is 682. The monoisotopic (exact) mass is 299 g/mol. The lowest BCUT2D eigenvalue weighted by atomic mass is 10.2. The normalized spacial score (nSPS) is 10.5. The first-order chi connectivity index (χ1) is 10.6. The number of benzene rings is 1. The van der Waals surface area contributed by atoms with E-state index in [1.807, 2.05) is 6.92 Å². The third kappa shape index (κ3) is 3.82. The van der Waals surface area contributed by atoms with Gasteiger partial charge in [0, 0.05) is 17.5 Å². The first-order valence-corrected chi connectivity index (χ1v) is 6.62. The number of methoxy groups -OCH3 is 2. The van der Waals surface area contributed by atoms with Crippen molar-refractivity contribution in [2.75, 3.05) is 14.2 Å². The third-order valence-corrected chi connectivity index (χ3v) is 2.98. The topological polar surface area (TPSA) is 72.8 Å². The van der Waals surface area contributed by atoms with Gasteiger partial charge < -0.3 is 9.47 Å². The van der Waals surface area contributed by atoms with Crippen molar-refractivity contribution in [3.8, 4) is 11.5 Å². The van der Waals surface area contributed by atoms with Crippen LogP contribution in [0, 0.1) is 6.92 Å². The minimum Gasteiger partial charge on any atom is -0.497 e. The summed E-state index contributed by atoms with van der Waals surface area (Å²) in [5.41, 5.74) is 4.44. The number of hydrazone groups is 1. The summed E-state index contributed by atoms with van der Waals surface area (Å²) in [6.07, 6.45) is 3.01. The second-order valence-corrected chi connectivity index (χ2v) is 4.50. The Kier molecular flexibility index (Phi) is 5.08. The average Bonchev–Trinajstić information content (AvgIpc) is 2.55. The van der Waals surface area contributed by atoms with Crippen LogP contribution in [0.15, 0.2) is 41.6 Å². The predicted octanol–water partition coefficient (Wildman–Crippen LogP) is 2.17. The molecule has 6 heteroatoms. The molecule has 114 valence electrons. The minimum atomic E-state index is -0.328. The molecule has 0 aliphatic heterocycles. The van der Waals surface area contributed by atoms with Crippen molar-refractivity contribution in [3.05, 3.63) is 53.3 Å². The molecular weight excluding hydrogens is 282 g/mol. The summed E-state index contributed by atoms with van der Waals surface area (Å²) < 4.78 is 10.4. The number of aromatic nitrogens is 1. The molecule has 1 aromatic carbocycles. The summed E-state index contributed by atoms with van der Waals surface area (Å²) in [4.78, 5) is 16.0. The second kappa shape index (κ2) is 7.21. The summed E-state index contributed by atoms with van der Waals surface area (Å²) in [7, 11) is 3.14. The molecule has 0 radical (unpaired) electrons. The molecule has 1 N–H and O–H groups in total. The molecule has 0 fully saturated rings. The van der Waals surface area contributed by atoms with Crippen LogP contribution in [0.1, 0.15) is 21.6 Å². The minimum absolute atomic E-state index is 0.328. The molecule has 1 heterocycles. The molecule has 0 saturated heterocycles. The molecule has 0 atom stereocenters. The fourth-order valence-corrected chi connectivity index (χ4v) is 1.77. The Morgan fingerprint density at radius 2 is 2.05 bits per heavy atom. The van der Waals surface area contributed by atoms with E-state index in [0.717, 1.165) is 5.69 Å². The number of hydrogen-bond acceptors (Lipinski definition) is 5. The number of ether oxygens (including phenoxy) is 2. The van der Waals surface area contributed by atoms with Gasteiger partial charge in [0.05, 0.1) is 26.0 Å². The van der Waals surface area contributed by atoms with Gasteiger partial charge in [0.25, 0.3) is 5.91 Å². The zero-order valence-electron chi connectivity index (χ0n) is 12.7. The molecule has 0 aliphatic rings. The van der Waals surface area contributed by atoms with Crippen molar-refractivity contribution in [2.24, 2.45) is 5.10 Å². The maximum absolute atomic E-state index is 11.9. The van der Waals surface area contributed by atoms with Crippen molar-refractivity contribution >= 4 is 12.1 Å². The lowest BCUT2D eigenvalue weighted by Crippen LogP contribution is -2.17. The fraction of sp³-hybridized carbons (Fsp3) is 0.188. The van der Waals surface area contributed by atoms with Crippen LogP contribution in [0.5, 0.6) is 11.5 Å². The molecule has 1 amide bonds. The molecular formula is C16H17N3O3. The molecule has 22 heavy (non-hydrogen) atoms. The van der Waals surface area contributed by atoms with Gasteiger partial charge in [-0.25, -0.2) is 5.43 Å². The van der Waals surface area contributed by atoms with Crippen LogP contribution in [0.3, 0.4) is 0 Å². The van der Waals surface area contributed by atoms with Gasteiger partial charge in [0.15, 0.2) is 0 Å². The maximum atomic E-state index is 11.9. The van der Waals surface area contributed by atoms with Gasteiger partial charge >= 0.3 is 0 Å². The quantitative estimate of drug-likeness (QED) is 0.678. The van der Waals surface area contributed by atoms with Crippen molar-refractivity contribution in [1.29, 1.82) is 0 Å². The van der Waals surface area contributed by atoms with Crippen LogP contribution in [0.4, 0.5) is 0 Å². The summed E-state index contributed by atoms with van der Waals surface area (Å²) in [6, 6.07) is 8.78. The number of amides is 1. The molecule has 0 bridgehead atoms. The molecule has 2 rings (SSSR count). The van der Waals surface area contributed by atoms with Gasteiger partial charge in [-0.1, -0.05) is 0 Å². The highest BCUT2D eigenvalue weighted by atomic mass is 16.5. The van der Waals surface area contributed by atoms with E-state index in [-0.39, 0.29) is 5.91 Å². The highest BCUT2D eigenvalue weighted by Crippen LogP contribution is 2.22. The van der Waals surface area contributed by atoms with E-state index in [4.69, 9.17) is 9.47 Å². The zero-order valence-corrected chi connectivity index (χ0v) is 12.7. The molecule has 6 nitrogen and oxygen atoms in total. The third-order valence-electron chi connectivity index (χ3n) is 2.98. The summed E-state index contributed by atoms with van der Waals surface area (Å²) in [5, 5.41) is 3.94. The fourth-order valence-electron chi connectivity index (χ4n) is 1.77. The second-order valence-electron chi connectivity index (χ2n) is 4.50. The van der Waals surface area contributed by atoms with Crippen molar-refractivity contribution in [2.45, 2.75) is 6.92 Å². The number of nitrogens with one attached hydrogen (secondary N) is 1. The summed E-state index contributed by atoms with van der Waals surface area (Å²) in [6.45, 7) is 1.86. The van der Waals surface area contributed by atoms with Crippen molar-refractivity contribution in [1.82, 2.24) is 10.4 Å². The highest BCUT2D eigenvalue weighted by molar-refractivity contribution is 5.94. The Morgan fingerprint density at radius 3 is 2.68 bits per heavy atom. The average molecular weight is 299 g/mol. The number of pyridine rings is 1. The van der Waals surface area contributed by atoms with Gasteiger partial charge in [0.2, 0.25) is 0 Å². The van der Waals surface area contributed by atoms with Crippen LogP contribution < -0.4 is 14.9 Å². The van der Waals surface area contributed by atoms with Gasteiger partial charge in [0.1, 0.15) is 11.5 Å². The van der Waals surface area contributed by atoms with E-state index in [1.165, 1.54) is 12.4 Å². The van der Waals surface area contributed by atoms with E-state index >= 15 is 0 Å². The number of aryl methyl sites for hydroxylation is 1. The van der Waals surface area contributed by atoms with E-state index in [1.54, 1.807) is 44.6 Å². The van der Waals surface area contributed by atoms with Crippen molar-refractivity contribution in [3.63, 3.8) is 0 Å². The number of carbonyl (C=O) groups is 1. The Hall–Kier alpha value is -2.89. The smallest absolute Gasteiger partial charge is 0.272 e. The number of hydrogen-bond donors (Lipinski definition) is 1. The lowest BCUT2D eigenvalue weighted by Gasteiger charge is -2.06. The largest absolute Gasteiger partial charge is 0.497 e. The first-order valence-electron chi connectivity index (χ1n) is 6.62. The van der Waals surface area contributed by atoms with Crippen LogP contribution in [0.2, 0.25) is 0 Å². The zero-order chi connectivity index (χ0) is 15.9. The van der Waals surface area contributed by atoms with Gasteiger partial charge in [-0.3, -0.25) is 9.78 Å². The highest BCUT2D eigenvalue weighted by Gasteiger charge is 2.05. The van der Waals surface area contributed by atoms with Gasteiger partial charge in [-0.15, -0.1) is 0 Å². The Labute approximate surface area is 128 Å². The Balaban J connectivity index is 2.08. The van der Waals surface area contributed by atoms with Crippen LogP contribution in [-0.4, -0.2) is 31.3 Å². The molecule has 0 spiro atoms. The number of rotatable bonds is 5. The van der Waals surface area contributed by atoms with Crippen LogP contribution in [-0.2, 0) is 0 Å². The summed E-state index contributed by atoms with van der Waals surface area (Å²) >= 11 is 0. The van der Waals surface area contributed by atoms with E-state index < -0.39 is 0 Å². The van der Waals surface area contributed by atoms with Crippen molar-refractivity contribution < 1.29 is 14.3 Å². The lowest BCUT2D eigenvalue weighted by molar-refractivity contribution is 0.0954. The van der Waals surface area contributed by atoms with Gasteiger partial charge in [-0.2, -0.15) is 5.10 Å². The van der Waals surface area contributed by atoms with Gasteiger partial charge in [-0.05, 0) is 37.3 Å². The first kappa shape index (κ1) is 15.5. The van der Waals surface area contributed by atoms with E-state index in [2.05, 4.69) is 15.5 Å². The predicted molar refractivity (Wildman–Crippen MR) is 83.6 cm³/mol. The molecule has 0 unspecified atom stereocenters. The van der Waals surface area contributed by atoms with E-state index in [0.29, 0.717) is 22.6 Å². The summed E-state index contributed by atoms with van der Waals surface area (Å²) in [5.74, 6) is 0.984. The Morgan fingerprint density at radius 1 is 1.23 bits per heavy atom. The maximum Gasteiger partial charge on any atom is 0.272 e. The number of carbonyl (C=O) groups excluding carboxylic acids is 1. The molecule has 0 saturated carbocycles. The molecule has 1 aromatic heterocycles. The van der Waals surface area contributed by atoms with E-state index in [9.17, 15) is 4.79 Å². The molecule has 0 aliphatic carbocycles. The van der Waals surface area contributed by atoms with Crippen LogP contribution >= 0.6 is 0 Å². The standard InChI is InChI=1S/C16H17N3O3/c1-11-4-5-12(9-17-11)16(20)19-18-10-13-8-14(21-2)6-7-15(13)22-3/h4-10H,1-3H3,(H,19,20)/b18-10+. The van der Waals surface area contributed by atoms with Crippen LogP contribution in [0.25, 0.3) is 0 Å². The molecule has 2 aromatic rings. The SMILES string of the molecule is COc1ccc(OC)c(/C=N/NC(=O)c2ccc(C)nc2)c1.